The summed E-state index contributed by atoms with van der Waals surface area (Å²) in [6.07, 6.45) is 1.11. The third-order valence-electron chi connectivity index (χ3n) is 2.05. The van der Waals surface area contributed by atoms with Gasteiger partial charge in [0.2, 0.25) is 0 Å². The lowest BCUT2D eigenvalue weighted by atomic mass is 10.0. The van der Waals surface area contributed by atoms with Crippen LogP contribution in [0.5, 0.6) is 0 Å². The van der Waals surface area contributed by atoms with E-state index in [-0.39, 0.29) is 11.6 Å². The van der Waals surface area contributed by atoms with Crippen molar-refractivity contribution in [1.29, 1.82) is 0 Å². The lowest BCUT2D eigenvalue weighted by molar-refractivity contribution is 0.279. The largest absolute Gasteiger partial charge is 0.396 e. The van der Waals surface area contributed by atoms with Crippen molar-refractivity contribution in [2.45, 2.75) is 18.9 Å². The molecule has 0 aliphatic rings. The van der Waals surface area contributed by atoms with Crippen LogP contribution in [-0.2, 0) is 0 Å². The summed E-state index contributed by atoms with van der Waals surface area (Å²) in [7, 11) is 0. The van der Waals surface area contributed by atoms with Crippen molar-refractivity contribution in [3.05, 3.63) is 34.6 Å². The minimum atomic E-state index is -0.459. The fourth-order valence-corrected chi connectivity index (χ4v) is 1.46. The number of hydrogen-bond donors (Lipinski definition) is 2. The second-order valence-corrected chi connectivity index (χ2v) is 3.52. The Morgan fingerprint density at radius 1 is 1.50 bits per heavy atom. The normalized spacial score (nSPS) is 12.9. The summed E-state index contributed by atoms with van der Waals surface area (Å²) in [4.78, 5) is 0. The molecule has 0 saturated carbocycles. The third-order valence-corrected chi connectivity index (χ3v) is 2.35. The van der Waals surface area contributed by atoms with Gasteiger partial charge in [-0.1, -0.05) is 23.7 Å². The van der Waals surface area contributed by atoms with Gasteiger partial charge < -0.3 is 10.8 Å². The van der Waals surface area contributed by atoms with Gasteiger partial charge in [-0.25, -0.2) is 4.39 Å². The van der Waals surface area contributed by atoms with E-state index in [0.29, 0.717) is 18.4 Å². The van der Waals surface area contributed by atoms with Gasteiger partial charge >= 0.3 is 0 Å². The molecule has 0 aliphatic carbocycles. The lowest BCUT2D eigenvalue weighted by Gasteiger charge is -2.12. The van der Waals surface area contributed by atoms with Crippen molar-refractivity contribution in [2.75, 3.05) is 6.61 Å². The maximum atomic E-state index is 13.4. The molecule has 0 heterocycles. The Morgan fingerprint density at radius 3 is 2.86 bits per heavy atom. The zero-order valence-electron chi connectivity index (χ0n) is 7.71. The van der Waals surface area contributed by atoms with E-state index >= 15 is 0 Å². The molecule has 1 aromatic carbocycles. The molecule has 14 heavy (non-hydrogen) atoms. The van der Waals surface area contributed by atoms with Crippen molar-refractivity contribution in [2.24, 2.45) is 5.73 Å². The van der Waals surface area contributed by atoms with E-state index in [1.54, 1.807) is 12.1 Å². The van der Waals surface area contributed by atoms with Gasteiger partial charge in [0.15, 0.2) is 0 Å². The number of nitrogens with two attached hydrogens (primary N) is 1. The molecule has 0 fully saturated rings. The molecule has 0 aromatic heterocycles. The Morgan fingerprint density at radius 2 is 2.21 bits per heavy atom. The second kappa shape index (κ2) is 5.29. The molecule has 78 valence electrons. The Bertz CT molecular complexity index is 306. The van der Waals surface area contributed by atoms with E-state index in [1.807, 2.05) is 0 Å². The number of rotatable bonds is 4. The summed E-state index contributed by atoms with van der Waals surface area (Å²) in [6, 6.07) is 4.36. The van der Waals surface area contributed by atoms with Crippen molar-refractivity contribution in [1.82, 2.24) is 0 Å². The highest BCUT2D eigenvalue weighted by Gasteiger charge is 2.12. The number of aliphatic hydroxyl groups excluding tert-OH is 1. The highest BCUT2D eigenvalue weighted by atomic mass is 35.5. The summed E-state index contributed by atoms with van der Waals surface area (Å²) >= 11 is 5.61. The average Bonchev–Trinajstić information content (AvgIpc) is 2.18. The van der Waals surface area contributed by atoms with Crippen molar-refractivity contribution >= 4 is 11.6 Å². The average molecular weight is 218 g/mol. The van der Waals surface area contributed by atoms with Crippen LogP contribution in [0.15, 0.2) is 18.2 Å². The minimum absolute atomic E-state index is 0.0654. The molecule has 0 spiro atoms. The molecule has 0 radical (unpaired) electrons. The molecule has 0 unspecified atom stereocenters. The lowest BCUT2D eigenvalue weighted by Crippen LogP contribution is -2.12. The summed E-state index contributed by atoms with van der Waals surface area (Å²) in [5, 5.41) is 8.70. The van der Waals surface area contributed by atoms with E-state index in [2.05, 4.69) is 0 Å². The SMILES string of the molecule is N[C@@H](CCCO)c1cccc(Cl)c1F. The van der Waals surface area contributed by atoms with Crippen LogP contribution in [0.2, 0.25) is 5.02 Å². The smallest absolute Gasteiger partial charge is 0.146 e. The number of hydrogen-bond acceptors (Lipinski definition) is 2. The highest BCUT2D eigenvalue weighted by molar-refractivity contribution is 6.30. The molecule has 0 saturated heterocycles. The fraction of sp³-hybridized carbons (Fsp3) is 0.400. The van der Waals surface area contributed by atoms with Gasteiger partial charge in [0.25, 0.3) is 0 Å². The first-order valence-electron chi connectivity index (χ1n) is 4.47. The molecular formula is C10H13ClFNO. The van der Waals surface area contributed by atoms with E-state index in [1.165, 1.54) is 6.07 Å². The summed E-state index contributed by atoms with van der Waals surface area (Å²) in [5.41, 5.74) is 6.15. The predicted molar refractivity (Wildman–Crippen MR) is 54.7 cm³/mol. The van der Waals surface area contributed by atoms with Crippen molar-refractivity contribution in [3.8, 4) is 0 Å². The Balaban J connectivity index is 2.79. The van der Waals surface area contributed by atoms with Crippen LogP contribution in [-0.4, -0.2) is 11.7 Å². The topological polar surface area (TPSA) is 46.2 Å². The van der Waals surface area contributed by atoms with Crippen LogP contribution in [0, 0.1) is 5.82 Å². The Labute approximate surface area is 87.5 Å². The Hall–Kier alpha value is -0.640. The molecule has 0 bridgehead atoms. The molecule has 3 N–H and O–H groups in total. The molecule has 0 amide bonds. The van der Waals surface area contributed by atoms with E-state index in [0.717, 1.165) is 0 Å². The van der Waals surface area contributed by atoms with Gasteiger partial charge in [0, 0.05) is 18.2 Å². The van der Waals surface area contributed by atoms with Crippen molar-refractivity contribution in [3.63, 3.8) is 0 Å². The number of aliphatic hydroxyl groups is 1. The number of halogens is 2. The highest BCUT2D eigenvalue weighted by Crippen LogP contribution is 2.24. The van der Waals surface area contributed by atoms with Gasteiger partial charge in [-0.15, -0.1) is 0 Å². The zero-order valence-corrected chi connectivity index (χ0v) is 8.47. The van der Waals surface area contributed by atoms with E-state index in [4.69, 9.17) is 22.4 Å². The first kappa shape index (κ1) is 11.4. The quantitative estimate of drug-likeness (QED) is 0.813. The molecular weight excluding hydrogens is 205 g/mol. The van der Waals surface area contributed by atoms with Crippen molar-refractivity contribution < 1.29 is 9.50 Å². The van der Waals surface area contributed by atoms with Crippen LogP contribution in [0.25, 0.3) is 0 Å². The monoisotopic (exact) mass is 217 g/mol. The van der Waals surface area contributed by atoms with Gasteiger partial charge in [0.1, 0.15) is 5.82 Å². The second-order valence-electron chi connectivity index (χ2n) is 3.12. The number of benzene rings is 1. The van der Waals surface area contributed by atoms with E-state index in [9.17, 15) is 4.39 Å². The first-order valence-corrected chi connectivity index (χ1v) is 4.85. The van der Waals surface area contributed by atoms with Gasteiger partial charge in [-0.3, -0.25) is 0 Å². The predicted octanol–water partition coefficient (Wildman–Crippen LogP) is 2.25. The van der Waals surface area contributed by atoms with Crippen LogP contribution in [0.3, 0.4) is 0 Å². The fourth-order valence-electron chi connectivity index (χ4n) is 1.27. The molecule has 0 aliphatic heterocycles. The van der Waals surface area contributed by atoms with Gasteiger partial charge in [-0.05, 0) is 18.9 Å². The van der Waals surface area contributed by atoms with Crippen LogP contribution in [0.4, 0.5) is 4.39 Å². The molecule has 4 heteroatoms. The van der Waals surface area contributed by atoms with Gasteiger partial charge in [0.05, 0.1) is 5.02 Å². The standard InChI is InChI=1S/C10H13ClFNO/c11-8-4-1-3-7(10(8)12)9(13)5-2-6-14/h1,3-4,9,14H,2,5-6,13H2/t9-/m0/s1. The Kier molecular flexibility index (Phi) is 4.32. The van der Waals surface area contributed by atoms with Gasteiger partial charge in [-0.2, -0.15) is 0 Å². The van der Waals surface area contributed by atoms with Crippen LogP contribution in [0.1, 0.15) is 24.4 Å². The molecule has 2 nitrogen and oxygen atoms in total. The summed E-state index contributed by atoms with van der Waals surface area (Å²) in [5.74, 6) is -0.459. The summed E-state index contributed by atoms with van der Waals surface area (Å²) in [6.45, 7) is 0.0654. The molecule has 1 aromatic rings. The maximum Gasteiger partial charge on any atom is 0.146 e. The zero-order chi connectivity index (χ0) is 10.6. The van der Waals surface area contributed by atoms with Crippen LogP contribution < -0.4 is 5.73 Å². The first-order chi connectivity index (χ1) is 6.66. The van der Waals surface area contributed by atoms with Crippen LogP contribution >= 0.6 is 11.6 Å². The third kappa shape index (κ3) is 2.67. The maximum absolute atomic E-state index is 13.4. The molecule has 1 atom stereocenters. The summed E-state index contributed by atoms with van der Waals surface area (Å²) < 4.78 is 13.4. The minimum Gasteiger partial charge on any atom is -0.396 e. The molecule has 1 rings (SSSR count). The van der Waals surface area contributed by atoms with E-state index < -0.39 is 11.9 Å².